The second-order valence-electron chi connectivity index (χ2n) is 6.81. The Bertz CT molecular complexity index is 463. The Labute approximate surface area is 127 Å². The molecule has 2 aliphatic heterocycles. The molecule has 2 heterocycles. The highest BCUT2D eigenvalue weighted by molar-refractivity contribution is 5.47. The number of halogens is 1. The third-order valence-electron chi connectivity index (χ3n) is 4.86. The summed E-state index contributed by atoms with van der Waals surface area (Å²) < 4.78 is 13.8. The molecule has 3 rings (SSSR count). The van der Waals surface area contributed by atoms with Crippen LogP contribution in [-0.4, -0.2) is 50.7 Å². The Morgan fingerprint density at radius 3 is 2.62 bits per heavy atom. The predicted molar refractivity (Wildman–Crippen MR) is 85.3 cm³/mol. The molecule has 0 aliphatic carbocycles. The van der Waals surface area contributed by atoms with Crippen molar-refractivity contribution in [1.29, 1.82) is 0 Å². The number of anilines is 1. The molecule has 0 aromatic heterocycles. The van der Waals surface area contributed by atoms with E-state index in [-0.39, 0.29) is 5.82 Å². The highest BCUT2D eigenvalue weighted by Crippen LogP contribution is 2.27. The van der Waals surface area contributed by atoms with Crippen LogP contribution in [0, 0.1) is 11.2 Å². The highest BCUT2D eigenvalue weighted by atomic mass is 19.1. The van der Waals surface area contributed by atoms with E-state index in [0.29, 0.717) is 5.41 Å². The lowest BCUT2D eigenvalue weighted by Gasteiger charge is -2.42. The molecule has 2 saturated heterocycles. The third-order valence-corrected chi connectivity index (χ3v) is 4.86. The van der Waals surface area contributed by atoms with Gasteiger partial charge in [-0.25, -0.2) is 4.39 Å². The Balaban J connectivity index is 1.54. The summed E-state index contributed by atoms with van der Waals surface area (Å²) in [6, 6.07) is 7.11. The SMILES string of the molecule is CC1(CN2CCN(c3ccccc3F)CC2)CCCNC1. The lowest BCUT2D eigenvalue weighted by atomic mass is 9.82. The van der Waals surface area contributed by atoms with Crippen LogP contribution in [0.15, 0.2) is 24.3 Å². The highest BCUT2D eigenvalue weighted by Gasteiger charge is 2.30. The maximum absolute atomic E-state index is 13.8. The number of nitrogens with one attached hydrogen (secondary N) is 1. The maximum atomic E-state index is 13.8. The second kappa shape index (κ2) is 6.32. The Morgan fingerprint density at radius 2 is 1.95 bits per heavy atom. The summed E-state index contributed by atoms with van der Waals surface area (Å²) in [5.41, 5.74) is 1.15. The van der Waals surface area contributed by atoms with Crippen molar-refractivity contribution in [2.45, 2.75) is 19.8 Å². The van der Waals surface area contributed by atoms with Gasteiger partial charge in [0, 0.05) is 39.3 Å². The molecule has 4 heteroatoms. The van der Waals surface area contributed by atoms with E-state index in [9.17, 15) is 4.39 Å². The van der Waals surface area contributed by atoms with Gasteiger partial charge in [-0.2, -0.15) is 0 Å². The number of benzene rings is 1. The summed E-state index contributed by atoms with van der Waals surface area (Å²) >= 11 is 0. The second-order valence-corrected chi connectivity index (χ2v) is 6.81. The van der Waals surface area contributed by atoms with Crippen molar-refractivity contribution in [3.05, 3.63) is 30.1 Å². The quantitative estimate of drug-likeness (QED) is 0.922. The van der Waals surface area contributed by atoms with Crippen molar-refractivity contribution < 1.29 is 4.39 Å². The molecule has 1 N–H and O–H groups in total. The lowest BCUT2D eigenvalue weighted by Crippen LogP contribution is -2.52. The van der Waals surface area contributed by atoms with Crippen LogP contribution in [0.3, 0.4) is 0 Å². The first-order valence-corrected chi connectivity index (χ1v) is 8.09. The first-order valence-electron chi connectivity index (χ1n) is 8.09. The summed E-state index contributed by atoms with van der Waals surface area (Å²) in [4.78, 5) is 4.72. The van der Waals surface area contributed by atoms with Crippen LogP contribution in [0.25, 0.3) is 0 Å². The van der Waals surface area contributed by atoms with E-state index in [0.717, 1.165) is 51.5 Å². The number of hydrogen-bond acceptors (Lipinski definition) is 3. The zero-order chi connectivity index (χ0) is 14.7. The third kappa shape index (κ3) is 3.55. The van der Waals surface area contributed by atoms with E-state index in [1.807, 2.05) is 12.1 Å². The number of hydrogen-bond donors (Lipinski definition) is 1. The van der Waals surface area contributed by atoms with Crippen molar-refractivity contribution in [2.24, 2.45) is 5.41 Å². The van der Waals surface area contributed by atoms with Gasteiger partial charge in [-0.15, -0.1) is 0 Å². The summed E-state index contributed by atoms with van der Waals surface area (Å²) in [7, 11) is 0. The van der Waals surface area contributed by atoms with Gasteiger partial charge < -0.3 is 10.2 Å². The minimum absolute atomic E-state index is 0.102. The molecule has 0 saturated carbocycles. The van der Waals surface area contributed by atoms with E-state index in [1.54, 1.807) is 12.1 Å². The first-order chi connectivity index (χ1) is 10.2. The number of piperazine rings is 1. The van der Waals surface area contributed by atoms with Crippen LogP contribution in [-0.2, 0) is 0 Å². The first kappa shape index (κ1) is 14.8. The summed E-state index contributed by atoms with van der Waals surface area (Å²) in [6.07, 6.45) is 2.60. The monoisotopic (exact) mass is 291 g/mol. The minimum Gasteiger partial charge on any atom is -0.367 e. The summed E-state index contributed by atoms with van der Waals surface area (Å²) in [6.45, 7) is 9.74. The maximum Gasteiger partial charge on any atom is 0.146 e. The fraction of sp³-hybridized carbons (Fsp3) is 0.647. The van der Waals surface area contributed by atoms with Crippen LogP contribution in [0.4, 0.5) is 10.1 Å². The molecule has 1 unspecified atom stereocenters. The van der Waals surface area contributed by atoms with Gasteiger partial charge in [0.1, 0.15) is 5.82 Å². The van der Waals surface area contributed by atoms with Crippen LogP contribution < -0.4 is 10.2 Å². The van der Waals surface area contributed by atoms with Gasteiger partial charge in [0.15, 0.2) is 0 Å². The predicted octanol–water partition coefficient (Wildman–Crippen LogP) is 2.34. The van der Waals surface area contributed by atoms with E-state index in [4.69, 9.17) is 0 Å². The Hall–Kier alpha value is -1.13. The molecule has 3 nitrogen and oxygen atoms in total. The minimum atomic E-state index is -0.102. The molecule has 0 bridgehead atoms. The standard InChI is InChI=1S/C17H26FN3/c1-17(7-4-8-19-13-17)14-20-9-11-21(12-10-20)16-6-3-2-5-15(16)18/h2-3,5-6,19H,4,7-14H2,1H3. The van der Waals surface area contributed by atoms with Gasteiger partial charge in [-0.3, -0.25) is 4.90 Å². The summed E-state index contributed by atoms with van der Waals surface area (Å²) in [5, 5.41) is 3.52. The molecule has 1 aromatic carbocycles. The number of rotatable bonds is 3. The average molecular weight is 291 g/mol. The molecular weight excluding hydrogens is 265 g/mol. The van der Waals surface area contributed by atoms with Gasteiger partial charge in [0.2, 0.25) is 0 Å². The van der Waals surface area contributed by atoms with Crippen molar-refractivity contribution >= 4 is 5.69 Å². The molecular formula is C17H26FN3. The Kier molecular flexibility index (Phi) is 4.45. The topological polar surface area (TPSA) is 18.5 Å². The number of piperidine rings is 1. The zero-order valence-corrected chi connectivity index (χ0v) is 12.9. The van der Waals surface area contributed by atoms with Crippen LogP contribution in [0.5, 0.6) is 0 Å². The van der Waals surface area contributed by atoms with Crippen LogP contribution in [0.2, 0.25) is 0 Å². The average Bonchev–Trinajstić information content (AvgIpc) is 2.49. The van der Waals surface area contributed by atoms with Crippen molar-refractivity contribution in [3.63, 3.8) is 0 Å². The molecule has 2 aliphatic rings. The molecule has 21 heavy (non-hydrogen) atoms. The molecule has 2 fully saturated rings. The number of nitrogens with zero attached hydrogens (tertiary/aromatic N) is 2. The fourth-order valence-corrected chi connectivity index (χ4v) is 3.65. The largest absolute Gasteiger partial charge is 0.367 e. The lowest BCUT2D eigenvalue weighted by molar-refractivity contribution is 0.128. The van der Waals surface area contributed by atoms with Crippen molar-refractivity contribution in [3.8, 4) is 0 Å². The van der Waals surface area contributed by atoms with E-state index in [1.165, 1.54) is 12.8 Å². The molecule has 0 amide bonds. The molecule has 1 atom stereocenters. The van der Waals surface area contributed by atoms with E-state index >= 15 is 0 Å². The normalized spacial score (nSPS) is 27.8. The van der Waals surface area contributed by atoms with E-state index in [2.05, 4.69) is 22.0 Å². The van der Waals surface area contributed by atoms with Crippen LogP contribution >= 0.6 is 0 Å². The summed E-state index contributed by atoms with van der Waals surface area (Å²) in [5.74, 6) is -0.102. The molecule has 116 valence electrons. The van der Waals surface area contributed by atoms with Gasteiger partial charge in [-0.1, -0.05) is 19.1 Å². The van der Waals surface area contributed by atoms with Crippen LogP contribution in [0.1, 0.15) is 19.8 Å². The van der Waals surface area contributed by atoms with Gasteiger partial charge >= 0.3 is 0 Å². The smallest absolute Gasteiger partial charge is 0.146 e. The molecule has 0 radical (unpaired) electrons. The van der Waals surface area contributed by atoms with Crippen molar-refractivity contribution in [1.82, 2.24) is 10.2 Å². The molecule has 0 spiro atoms. The van der Waals surface area contributed by atoms with Gasteiger partial charge in [0.25, 0.3) is 0 Å². The molecule has 1 aromatic rings. The Morgan fingerprint density at radius 1 is 1.19 bits per heavy atom. The van der Waals surface area contributed by atoms with Gasteiger partial charge in [-0.05, 0) is 36.9 Å². The van der Waals surface area contributed by atoms with Crippen molar-refractivity contribution in [2.75, 3.05) is 50.7 Å². The number of para-hydroxylation sites is 1. The van der Waals surface area contributed by atoms with E-state index < -0.39 is 0 Å². The fourth-order valence-electron chi connectivity index (χ4n) is 3.65. The van der Waals surface area contributed by atoms with Gasteiger partial charge in [0.05, 0.1) is 5.69 Å². The zero-order valence-electron chi connectivity index (χ0n) is 12.9.